The summed E-state index contributed by atoms with van der Waals surface area (Å²) in [5.41, 5.74) is -2.94. The highest BCUT2D eigenvalue weighted by atomic mass is 19.4. The molecule has 8 heteroatoms. The third kappa shape index (κ3) is 2.80. The molecule has 5 nitrogen and oxygen atoms in total. The molecule has 0 atom stereocenters. The molecule has 0 aromatic heterocycles. The van der Waals surface area contributed by atoms with Crippen LogP contribution < -0.4 is 5.32 Å². The maximum atomic E-state index is 12.8. The Morgan fingerprint density at radius 3 is 2.05 bits per heavy atom. The van der Waals surface area contributed by atoms with Gasteiger partial charge >= 0.3 is 18.2 Å². The molecule has 1 heterocycles. The Morgan fingerprint density at radius 2 is 1.71 bits per heavy atom. The molecule has 1 saturated heterocycles. The van der Waals surface area contributed by atoms with Crippen molar-refractivity contribution in [1.29, 1.82) is 0 Å². The van der Waals surface area contributed by atoms with E-state index in [9.17, 15) is 27.9 Å². The van der Waals surface area contributed by atoms with Gasteiger partial charge in [0.15, 0.2) is 0 Å². The molecule has 0 aromatic carbocycles. The molecule has 0 aromatic rings. The van der Waals surface area contributed by atoms with Crippen molar-refractivity contribution in [3.63, 3.8) is 0 Å². The minimum atomic E-state index is -4.44. The average Bonchev–Trinajstić information content (AvgIpc) is 3.19. The van der Waals surface area contributed by atoms with E-state index in [0.717, 1.165) is 0 Å². The number of hydrogen-bond donors (Lipinski definition) is 2. The predicted molar refractivity (Wildman–Crippen MR) is 67.7 cm³/mol. The molecule has 21 heavy (non-hydrogen) atoms. The molecule has 0 spiro atoms. The fraction of sp³-hybridized carbons (Fsp3) is 0.846. The SMILES string of the molecule is CCC1(C(=O)O)CCN(C(=O)NC2(C(F)(F)F)CC2)CC1. The fourth-order valence-corrected chi connectivity index (χ4v) is 2.74. The Hall–Kier alpha value is -1.47. The number of nitrogens with zero attached hydrogens (tertiary/aromatic N) is 1. The molecule has 2 amide bonds. The smallest absolute Gasteiger partial charge is 0.411 e. The zero-order chi connectivity index (χ0) is 15.9. The number of halogens is 3. The summed E-state index contributed by atoms with van der Waals surface area (Å²) in [6.45, 7) is 2.10. The largest absolute Gasteiger partial charge is 0.481 e. The minimum Gasteiger partial charge on any atom is -0.481 e. The van der Waals surface area contributed by atoms with Crippen LogP contribution in [0.15, 0.2) is 0 Å². The number of carboxylic acids is 1. The topological polar surface area (TPSA) is 69.6 Å². The number of carboxylic acid groups (broad SMARTS) is 1. The van der Waals surface area contributed by atoms with Gasteiger partial charge in [0.25, 0.3) is 0 Å². The number of urea groups is 1. The number of rotatable bonds is 3. The number of carbonyl (C=O) groups excluding carboxylic acids is 1. The molecular weight excluding hydrogens is 289 g/mol. The average molecular weight is 308 g/mol. The highest BCUT2D eigenvalue weighted by molar-refractivity contribution is 5.78. The van der Waals surface area contributed by atoms with Gasteiger partial charge in [0.05, 0.1) is 5.41 Å². The second-order valence-electron chi connectivity index (χ2n) is 5.94. The van der Waals surface area contributed by atoms with Crippen molar-refractivity contribution in [1.82, 2.24) is 10.2 Å². The first kappa shape index (κ1) is 15.9. The Labute approximate surface area is 120 Å². The highest BCUT2D eigenvalue weighted by Gasteiger charge is 2.64. The van der Waals surface area contributed by atoms with E-state index in [1.807, 2.05) is 0 Å². The van der Waals surface area contributed by atoms with Gasteiger partial charge in [-0.1, -0.05) is 6.92 Å². The van der Waals surface area contributed by atoms with Gasteiger partial charge in [-0.25, -0.2) is 4.79 Å². The highest BCUT2D eigenvalue weighted by Crippen LogP contribution is 2.49. The van der Waals surface area contributed by atoms with Crippen molar-refractivity contribution in [2.45, 2.75) is 50.7 Å². The van der Waals surface area contributed by atoms with Gasteiger partial charge < -0.3 is 15.3 Å². The van der Waals surface area contributed by atoms with Gasteiger partial charge in [0.1, 0.15) is 5.54 Å². The maximum Gasteiger partial charge on any atom is 0.411 e. The van der Waals surface area contributed by atoms with E-state index in [1.54, 1.807) is 6.92 Å². The molecule has 0 bridgehead atoms. The number of likely N-dealkylation sites (tertiary alicyclic amines) is 1. The molecule has 1 aliphatic carbocycles. The van der Waals surface area contributed by atoms with Crippen molar-refractivity contribution in [3.05, 3.63) is 0 Å². The van der Waals surface area contributed by atoms with Crippen LogP contribution in [0.4, 0.5) is 18.0 Å². The maximum absolute atomic E-state index is 12.8. The third-order valence-electron chi connectivity index (χ3n) is 4.78. The van der Waals surface area contributed by atoms with Crippen LogP contribution in [0.5, 0.6) is 0 Å². The molecule has 0 unspecified atom stereocenters. The van der Waals surface area contributed by atoms with Crippen LogP contribution in [0.3, 0.4) is 0 Å². The summed E-state index contributed by atoms with van der Waals surface area (Å²) in [6, 6.07) is -0.750. The van der Waals surface area contributed by atoms with E-state index in [-0.39, 0.29) is 38.8 Å². The Morgan fingerprint density at radius 1 is 1.19 bits per heavy atom. The van der Waals surface area contributed by atoms with E-state index in [0.29, 0.717) is 6.42 Å². The first-order valence-electron chi connectivity index (χ1n) is 7.03. The monoisotopic (exact) mass is 308 g/mol. The van der Waals surface area contributed by atoms with E-state index in [2.05, 4.69) is 5.32 Å². The summed E-state index contributed by atoms with van der Waals surface area (Å²) in [5.74, 6) is -0.904. The van der Waals surface area contributed by atoms with Crippen molar-refractivity contribution in [2.24, 2.45) is 5.41 Å². The molecule has 0 radical (unpaired) electrons. The Balaban J connectivity index is 1.94. The fourth-order valence-electron chi connectivity index (χ4n) is 2.74. The van der Waals surface area contributed by atoms with E-state index >= 15 is 0 Å². The quantitative estimate of drug-likeness (QED) is 0.841. The molecule has 2 fully saturated rings. The predicted octanol–water partition coefficient (Wildman–Crippen LogP) is 2.37. The zero-order valence-corrected chi connectivity index (χ0v) is 11.8. The molecule has 2 aliphatic rings. The lowest BCUT2D eigenvalue weighted by Gasteiger charge is -2.39. The second kappa shape index (κ2) is 5.06. The van der Waals surface area contributed by atoms with E-state index in [1.165, 1.54) is 4.90 Å². The third-order valence-corrected chi connectivity index (χ3v) is 4.78. The summed E-state index contributed by atoms with van der Waals surface area (Å²) in [6.07, 6.45) is -3.64. The summed E-state index contributed by atoms with van der Waals surface area (Å²) >= 11 is 0. The van der Waals surface area contributed by atoms with Crippen molar-refractivity contribution in [2.75, 3.05) is 13.1 Å². The van der Waals surface area contributed by atoms with Crippen molar-refractivity contribution in [3.8, 4) is 0 Å². The molecule has 1 saturated carbocycles. The van der Waals surface area contributed by atoms with Crippen molar-refractivity contribution < 1.29 is 27.9 Å². The minimum absolute atomic E-state index is 0.0932. The number of carbonyl (C=O) groups is 2. The van der Waals surface area contributed by atoms with Crippen LogP contribution in [-0.4, -0.2) is 46.8 Å². The Kier molecular flexibility index (Phi) is 3.84. The summed E-state index contributed by atoms with van der Waals surface area (Å²) in [5, 5.41) is 11.3. The molecule has 2 N–H and O–H groups in total. The standard InChI is InChI=1S/C13H19F3N2O3/c1-2-11(9(19)20)5-7-18(8-6-11)10(21)17-12(3-4-12)13(14,15)16/h2-8H2,1H3,(H,17,21)(H,19,20). The first-order chi connectivity index (χ1) is 9.66. The lowest BCUT2D eigenvalue weighted by molar-refractivity contribution is -0.163. The lowest BCUT2D eigenvalue weighted by Crippen LogP contribution is -2.55. The van der Waals surface area contributed by atoms with Crippen LogP contribution >= 0.6 is 0 Å². The van der Waals surface area contributed by atoms with Crippen LogP contribution in [0.25, 0.3) is 0 Å². The second-order valence-corrected chi connectivity index (χ2v) is 5.94. The van der Waals surface area contributed by atoms with E-state index < -0.39 is 29.1 Å². The lowest BCUT2D eigenvalue weighted by atomic mass is 9.76. The number of aliphatic carboxylic acids is 1. The number of piperidine rings is 1. The van der Waals surface area contributed by atoms with E-state index in [4.69, 9.17) is 0 Å². The number of hydrogen-bond acceptors (Lipinski definition) is 2. The Bertz CT molecular complexity index is 438. The van der Waals surface area contributed by atoms with Crippen LogP contribution in [-0.2, 0) is 4.79 Å². The van der Waals surface area contributed by atoms with Gasteiger partial charge in [-0.05, 0) is 32.1 Å². The first-order valence-corrected chi connectivity index (χ1v) is 7.03. The number of alkyl halides is 3. The van der Waals surface area contributed by atoms with Gasteiger partial charge in [-0.15, -0.1) is 0 Å². The van der Waals surface area contributed by atoms with Crippen LogP contribution in [0.2, 0.25) is 0 Å². The zero-order valence-electron chi connectivity index (χ0n) is 11.8. The summed E-state index contributed by atoms with van der Waals surface area (Å²) in [7, 11) is 0. The van der Waals surface area contributed by atoms with Gasteiger partial charge in [-0.3, -0.25) is 4.79 Å². The normalized spacial score (nSPS) is 23.5. The van der Waals surface area contributed by atoms with Crippen LogP contribution in [0.1, 0.15) is 39.0 Å². The molecule has 2 rings (SSSR count). The molecule has 120 valence electrons. The molecular formula is C13H19F3N2O3. The summed E-state index contributed by atoms with van der Waals surface area (Å²) in [4.78, 5) is 24.5. The number of amides is 2. The van der Waals surface area contributed by atoms with Gasteiger partial charge in [0.2, 0.25) is 0 Å². The van der Waals surface area contributed by atoms with Crippen LogP contribution in [0, 0.1) is 5.41 Å². The summed E-state index contributed by atoms with van der Waals surface area (Å²) < 4.78 is 38.4. The molecule has 1 aliphatic heterocycles. The number of nitrogens with one attached hydrogen (secondary N) is 1. The van der Waals surface area contributed by atoms with Crippen molar-refractivity contribution >= 4 is 12.0 Å². The van der Waals surface area contributed by atoms with Gasteiger partial charge in [-0.2, -0.15) is 13.2 Å². The van der Waals surface area contributed by atoms with Gasteiger partial charge in [0, 0.05) is 13.1 Å².